The van der Waals surface area contributed by atoms with Crippen molar-refractivity contribution in [3.8, 4) is 11.5 Å². The highest BCUT2D eigenvalue weighted by molar-refractivity contribution is 6.17. The van der Waals surface area contributed by atoms with Gasteiger partial charge in [0.15, 0.2) is 11.5 Å². The first kappa shape index (κ1) is 22.2. The van der Waals surface area contributed by atoms with Crippen molar-refractivity contribution in [3.63, 3.8) is 0 Å². The van der Waals surface area contributed by atoms with Gasteiger partial charge in [-0.25, -0.2) is 0 Å². The molecule has 3 aromatic carbocycles. The van der Waals surface area contributed by atoms with E-state index in [2.05, 4.69) is 5.32 Å². The zero-order chi connectivity index (χ0) is 25.0. The number of aryl methyl sites for hydroxylation is 1. The normalized spacial score (nSPS) is 19.4. The number of benzene rings is 3. The minimum atomic E-state index is -0.665. The van der Waals surface area contributed by atoms with Crippen molar-refractivity contribution in [3.05, 3.63) is 88.5 Å². The lowest BCUT2D eigenvalue weighted by Crippen LogP contribution is -2.51. The fourth-order valence-corrected chi connectivity index (χ4v) is 5.61. The Morgan fingerprint density at radius 2 is 1.61 bits per heavy atom. The average Bonchev–Trinajstić information content (AvgIpc) is 3.43. The monoisotopic (exact) mass is 483 g/mol. The van der Waals surface area contributed by atoms with Crippen LogP contribution in [0.2, 0.25) is 0 Å². The fraction of sp³-hybridized carbons (Fsp3) is 0.250. The number of rotatable bonds is 5. The molecule has 3 aliphatic rings. The van der Waals surface area contributed by atoms with Crippen LogP contribution in [-0.2, 0) is 11.2 Å². The van der Waals surface area contributed by atoms with Gasteiger partial charge in [-0.15, -0.1) is 0 Å². The molecule has 0 saturated heterocycles. The Hall–Kier alpha value is -4.33. The van der Waals surface area contributed by atoms with Crippen molar-refractivity contribution >= 4 is 23.4 Å². The van der Waals surface area contributed by atoms with E-state index in [1.165, 1.54) is 4.90 Å². The zero-order valence-corrected chi connectivity index (χ0v) is 20.0. The predicted molar refractivity (Wildman–Crippen MR) is 132 cm³/mol. The number of carbonyl (C=O) groups excluding carboxylic acids is 3. The van der Waals surface area contributed by atoms with E-state index in [-0.39, 0.29) is 30.3 Å². The van der Waals surface area contributed by atoms with Crippen molar-refractivity contribution < 1.29 is 23.9 Å². The molecule has 6 rings (SSSR count). The summed E-state index contributed by atoms with van der Waals surface area (Å²) in [6.07, 6.45) is 0.877. The smallest absolute Gasteiger partial charge is 0.260 e. The minimum absolute atomic E-state index is 0.172. The Morgan fingerprint density at radius 3 is 2.39 bits per heavy atom. The highest BCUT2D eigenvalue weighted by Crippen LogP contribution is 2.45. The molecule has 0 saturated carbocycles. The van der Waals surface area contributed by atoms with Crippen molar-refractivity contribution in [2.45, 2.75) is 25.0 Å². The number of nitrogens with one attached hydrogen (secondary N) is 1. The summed E-state index contributed by atoms with van der Waals surface area (Å²) in [5.74, 6) is 0.533. The summed E-state index contributed by atoms with van der Waals surface area (Å²) >= 11 is 0. The van der Waals surface area contributed by atoms with Crippen molar-refractivity contribution in [2.24, 2.45) is 0 Å². The molecule has 0 bridgehead atoms. The van der Waals surface area contributed by atoms with E-state index in [1.54, 1.807) is 49.5 Å². The second-order valence-corrected chi connectivity index (χ2v) is 9.15. The number of amides is 3. The highest BCUT2D eigenvalue weighted by atomic mass is 16.5. The van der Waals surface area contributed by atoms with Crippen molar-refractivity contribution in [2.75, 3.05) is 25.7 Å². The Balaban J connectivity index is 1.30. The molecule has 0 aromatic heterocycles. The number of para-hydroxylation sites is 1. The second-order valence-electron chi connectivity index (χ2n) is 9.15. The molecule has 1 aliphatic carbocycles. The molecule has 0 unspecified atom stereocenters. The zero-order valence-electron chi connectivity index (χ0n) is 20.0. The molecule has 8 heteroatoms. The molecule has 2 atom stereocenters. The van der Waals surface area contributed by atoms with Gasteiger partial charge in [0.05, 0.1) is 31.5 Å². The Kier molecular flexibility index (Phi) is 5.17. The molecule has 3 amide bonds. The highest BCUT2D eigenvalue weighted by Gasteiger charge is 2.48. The second kappa shape index (κ2) is 8.41. The molecular weight excluding hydrogens is 458 g/mol. The summed E-state index contributed by atoms with van der Waals surface area (Å²) in [5, 5.41) is 3.10. The van der Waals surface area contributed by atoms with Crippen LogP contribution in [0.1, 0.15) is 56.0 Å². The SMILES string of the molecule is COc1cc2c(cc1OC)[C@H](NC(=O)CN1C(=O)c3ccccc3N3C(=O)c4ccccc4[C@@H]13)CC2. The molecule has 2 aliphatic heterocycles. The lowest BCUT2D eigenvalue weighted by Gasteiger charge is -2.40. The summed E-state index contributed by atoms with van der Waals surface area (Å²) in [6.45, 7) is -0.172. The number of ether oxygens (including phenoxy) is 2. The molecule has 36 heavy (non-hydrogen) atoms. The molecule has 0 fully saturated rings. The number of hydrogen-bond donors (Lipinski definition) is 1. The summed E-state index contributed by atoms with van der Waals surface area (Å²) in [7, 11) is 3.18. The van der Waals surface area contributed by atoms with Gasteiger partial charge in [0.1, 0.15) is 12.7 Å². The fourth-order valence-electron chi connectivity index (χ4n) is 5.61. The quantitative estimate of drug-likeness (QED) is 0.599. The number of carbonyl (C=O) groups is 3. The number of hydrogen-bond acceptors (Lipinski definition) is 5. The van der Waals surface area contributed by atoms with E-state index in [0.717, 1.165) is 29.5 Å². The van der Waals surface area contributed by atoms with Crippen LogP contribution in [0.3, 0.4) is 0 Å². The lowest BCUT2D eigenvalue weighted by atomic mass is 10.0. The van der Waals surface area contributed by atoms with Gasteiger partial charge in [0, 0.05) is 11.1 Å². The van der Waals surface area contributed by atoms with E-state index < -0.39 is 6.17 Å². The van der Waals surface area contributed by atoms with Crippen LogP contribution in [-0.4, -0.2) is 43.4 Å². The molecule has 0 radical (unpaired) electrons. The minimum Gasteiger partial charge on any atom is -0.493 e. The van der Waals surface area contributed by atoms with Crippen molar-refractivity contribution in [1.82, 2.24) is 10.2 Å². The van der Waals surface area contributed by atoms with Gasteiger partial charge in [-0.1, -0.05) is 30.3 Å². The van der Waals surface area contributed by atoms with Gasteiger partial charge in [-0.05, 0) is 54.3 Å². The first-order valence-electron chi connectivity index (χ1n) is 11.9. The third-order valence-corrected chi connectivity index (χ3v) is 7.26. The first-order valence-corrected chi connectivity index (χ1v) is 11.9. The van der Waals surface area contributed by atoms with Crippen LogP contribution >= 0.6 is 0 Å². The molecule has 1 N–H and O–H groups in total. The van der Waals surface area contributed by atoms with Gasteiger partial charge < -0.3 is 19.7 Å². The summed E-state index contributed by atoms with van der Waals surface area (Å²) in [4.78, 5) is 43.3. The molecule has 0 spiro atoms. The standard InChI is InChI=1S/C28H25N3O5/c1-35-23-13-16-11-12-21(20(16)14-24(23)36-2)29-25(32)15-30-26-17-7-3-4-8-18(17)28(34)31(26)22-10-6-5-9-19(22)27(30)33/h3-10,13-14,21,26H,11-12,15H2,1-2H3,(H,29,32)/t21-,26+/m1/s1. The maximum Gasteiger partial charge on any atom is 0.260 e. The van der Waals surface area contributed by atoms with E-state index in [1.807, 2.05) is 30.3 Å². The van der Waals surface area contributed by atoms with Crippen molar-refractivity contribution in [1.29, 1.82) is 0 Å². The van der Waals surface area contributed by atoms with Gasteiger partial charge in [-0.3, -0.25) is 19.3 Å². The maximum atomic E-state index is 13.6. The van der Waals surface area contributed by atoms with Gasteiger partial charge >= 0.3 is 0 Å². The lowest BCUT2D eigenvalue weighted by molar-refractivity contribution is -0.123. The van der Waals surface area contributed by atoms with Gasteiger partial charge in [0.25, 0.3) is 11.8 Å². The van der Waals surface area contributed by atoms with Crippen LogP contribution in [0.25, 0.3) is 0 Å². The average molecular weight is 484 g/mol. The van der Waals surface area contributed by atoms with E-state index in [4.69, 9.17) is 9.47 Å². The molecular formula is C28H25N3O5. The van der Waals surface area contributed by atoms with E-state index in [0.29, 0.717) is 28.3 Å². The Morgan fingerprint density at radius 1 is 0.917 bits per heavy atom. The summed E-state index contributed by atoms with van der Waals surface area (Å²) < 4.78 is 10.9. The Bertz CT molecular complexity index is 1420. The van der Waals surface area contributed by atoms with Crippen LogP contribution in [0.15, 0.2) is 60.7 Å². The maximum absolute atomic E-state index is 13.6. The van der Waals surface area contributed by atoms with E-state index in [9.17, 15) is 14.4 Å². The molecule has 2 heterocycles. The van der Waals surface area contributed by atoms with Crippen LogP contribution < -0.4 is 19.7 Å². The van der Waals surface area contributed by atoms with E-state index >= 15 is 0 Å². The van der Waals surface area contributed by atoms with Gasteiger partial charge in [0.2, 0.25) is 5.91 Å². The number of fused-ring (bicyclic) bond motifs is 6. The Labute approximate surface area is 208 Å². The largest absolute Gasteiger partial charge is 0.493 e. The number of nitrogens with zero attached hydrogens (tertiary/aromatic N) is 2. The molecule has 182 valence electrons. The van der Waals surface area contributed by atoms with Crippen LogP contribution in [0.4, 0.5) is 5.69 Å². The summed E-state index contributed by atoms with van der Waals surface area (Å²) in [6, 6.07) is 18.0. The first-order chi connectivity index (χ1) is 17.5. The van der Waals surface area contributed by atoms with Crippen LogP contribution in [0.5, 0.6) is 11.5 Å². The molecule has 8 nitrogen and oxygen atoms in total. The predicted octanol–water partition coefficient (Wildman–Crippen LogP) is 3.62. The number of anilines is 1. The third-order valence-electron chi connectivity index (χ3n) is 7.26. The van der Waals surface area contributed by atoms with Gasteiger partial charge in [-0.2, -0.15) is 0 Å². The number of methoxy groups -OCH3 is 2. The third kappa shape index (κ3) is 3.25. The van der Waals surface area contributed by atoms with Crippen LogP contribution in [0, 0.1) is 0 Å². The summed E-state index contributed by atoms with van der Waals surface area (Å²) in [5.41, 5.74) is 4.33. The topological polar surface area (TPSA) is 88.2 Å². The molecule has 3 aromatic rings.